The largest absolute Gasteiger partial charge is 0.398 e. The Kier molecular flexibility index (Phi) is 4.58. The molecule has 0 fully saturated rings. The number of aromatic nitrogens is 2. The average Bonchev–Trinajstić information content (AvgIpc) is 2.83. The lowest BCUT2D eigenvalue weighted by Crippen LogP contribution is -2.10. The maximum atomic E-state index is 12.5. The van der Waals surface area contributed by atoms with Gasteiger partial charge in [0.2, 0.25) is 0 Å². The molecule has 2 N–H and O–H groups in total. The highest BCUT2D eigenvalue weighted by Gasteiger charge is 2.19. The van der Waals surface area contributed by atoms with Gasteiger partial charge in [0.15, 0.2) is 9.84 Å². The van der Waals surface area contributed by atoms with Crippen molar-refractivity contribution in [1.29, 1.82) is 0 Å². The SMILES string of the molecule is CCc1cc(CS(=O)(=O)c2ccc(N)c(Cl)c2)n(CC)n1. The van der Waals surface area contributed by atoms with Gasteiger partial charge in [-0.3, -0.25) is 4.68 Å². The summed E-state index contributed by atoms with van der Waals surface area (Å²) in [6, 6.07) is 6.20. The summed E-state index contributed by atoms with van der Waals surface area (Å²) in [4.78, 5) is 0.170. The van der Waals surface area contributed by atoms with E-state index in [-0.39, 0.29) is 15.7 Å². The summed E-state index contributed by atoms with van der Waals surface area (Å²) < 4.78 is 26.7. The predicted molar refractivity (Wildman–Crippen MR) is 84.0 cm³/mol. The number of nitrogen functional groups attached to an aromatic ring is 1. The van der Waals surface area contributed by atoms with E-state index in [2.05, 4.69) is 5.10 Å². The van der Waals surface area contributed by atoms with E-state index in [1.54, 1.807) is 4.68 Å². The Hall–Kier alpha value is -1.53. The molecule has 1 heterocycles. The maximum absolute atomic E-state index is 12.5. The Morgan fingerprint density at radius 3 is 2.57 bits per heavy atom. The Morgan fingerprint density at radius 1 is 1.29 bits per heavy atom. The zero-order chi connectivity index (χ0) is 15.6. The normalized spacial score (nSPS) is 11.8. The molecule has 0 atom stereocenters. The first-order chi connectivity index (χ1) is 9.87. The average molecular weight is 328 g/mol. The van der Waals surface area contributed by atoms with Crippen LogP contribution in [0.2, 0.25) is 5.02 Å². The molecule has 0 aliphatic heterocycles. The van der Waals surface area contributed by atoms with E-state index in [1.807, 2.05) is 19.9 Å². The summed E-state index contributed by atoms with van der Waals surface area (Å²) in [6.07, 6.45) is 0.772. The van der Waals surface area contributed by atoms with Gasteiger partial charge in [-0.05, 0) is 37.6 Å². The molecular formula is C14H18ClN3O2S. The number of hydrogen-bond acceptors (Lipinski definition) is 4. The lowest BCUT2D eigenvalue weighted by atomic mass is 10.3. The summed E-state index contributed by atoms with van der Waals surface area (Å²) >= 11 is 5.90. The van der Waals surface area contributed by atoms with E-state index in [0.717, 1.165) is 12.1 Å². The quantitative estimate of drug-likeness (QED) is 0.856. The van der Waals surface area contributed by atoms with Gasteiger partial charge in [0, 0.05) is 6.54 Å². The van der Waals surface area contributed by atoms with Gasteiger partial charge in [0.05, 0.1) is 32.7 Å². The minimum Gasteiger partial charge on any atom is -0.398 e. The fraction of sp³-hybridized carbons (Fsp3) is 0.357. The van der Waals surface area contributed by atoms with Crippen molar-refractivity contribution < 1.29 is 8.42 Å². The first-order valence-electron chi connectivity index (χ1n) is 6.70. The predicted octanol–water partition coefficient (Wildman–Crippen LogP) is 2.67. The molecule has 7 heteroatoms. The molecule has 0 saturated carbocycles. The van der Waals surface area contributed by atoms with Gasteiger partial charge in [-0.2, -0.15) is 5.10 Å². The fourth-order valence-corrected chi connectivity index (χ4v) is 3.66. The van der Waals surface area contributed by atoms with Crippen LogP contribution in [0.4, 0.5) is 5.69 Å². The van der Waals surface area contributed by atoms with Crippen molar-refractivity contribution in [3.8, 4) is 0 Å². The maximum Gasteiger partial charge on any atom is 0.184 e. The van der Waals surface area contributed by atoms with Crippen molar-refractivity contribution in [2.75, 3.05) is 5.73 Å². The molecule has 0 aliphatic carbocycles. The molecule has 114 valence electrons. The number of nitrogens with two attached hydrogens (primary N) is 1. The van der Waals surface area contributed by atoms with Gasteiger partial charge in [-0.1, -0.05) is 18.5 Å². The number of nitrogens with zero attached hydrogens (tertiary/aromatic N) is 2. The van der Waals surface area contributed by atoms with E-state index in [4.69, 9.17) is 17.3 Å². The monoisotopic (exact) mass is 327 g/mol. The van der Waals surface area contributed by atoms with Crippen molar-refractivity contribution in [3.63, 3.8) is 0 Å². The third-order valence-electron chi connectivity index (χ3n) is 3.24. The molecule has 0 bridgehead atoms. The molecule has 21 heavy (non-hydrogen) atoms. The Morgan fingerprint density at radius 2 is 2.00 bits per heavy atom. The second kappa shape index (κ2) is 6.07. The molecular weight excluding hydrogens is 310 g/mol. The number of halogens is 1. The topological polar surface area (TPSA) is 78.0 Å². The smallest absolute Gasteiger partial charge is 0.184 e. The zero-order valence-corrected chi connectivity index (χ0v) is 13.6. The number of aryl methyl sites for hydroxylation is 2. The highest BCUT2D eigenvalue weighted by molar-refractivity contribution is 7.90. The Balaban J connectivity index is 2.36. The molecule has 0 radical (unpaired) electrons. The lowest BCUT2D eigenvalue weighted by Gasteiger charge is -2.07. The standard InChI is InChI=1S/C14H18ClN3O2S/c1-3-10-7-11(18(4-2)17-10)9-21(19,20)12-5-6-14(16)13(15)8-12/h5-8H,3-4,9,16H2,1-2H3. The lowest BCUT2D eigenvalue weighted by molar-refractivity contribution is 0.585. The van der Waals surface area contributed by atoms with Gasteiger partial charge in [-0.25, -0.2) is 8.42 Å². The molecule has 2 rings (SSSR count). The van der Waals surface area contributed by atoms with Crippen LogP contribution < -0.4 is 5.73 Å². The number of anilines is 1. The molecule has 0 unspecified atom stereocenters. The Labute approximate surface area is 129 Å². The highest BCUT2D eigenvalue weighted by atomic mass is 35.5. The summed E-state index contributed by atoms with van der Waals surface area (Å²) in [5.41, 5.74) is 7.54. The van der Waals surface area contributed by atoms with Gasteiger partial charge in [0.1, 0.15) is 0 Å². The molecule has 0 spiro atoms. The second-order valence-corrected chi connectivity index (χ2v) is 7.14. The molecule has 1 aromatic carbocycles. The van der Waals surface area contributed by atoms with Crippen LogP contribution in [-0.4, -0.2) is 18.2 Å². The molecule has 0 saturated heterocycles. The zero-order valence-electron chi connectivity index (χ0n) is 12.0. The van der Waals surface area contributed by atoms with Gasteiger partial charge in [-0.15, -0.1) is 0 Å². The van der Waals surface area contributed by atoms with Crippen molar-refractivity contribution in [1.82, 2.24) is 9.78 Å². The van der Waals surface area contributed by atoms with E-state index >= 15 is 0 Å². The number of hydrogen-bond donors (Lipinski definition) is 1. The summed E-state index contributed by atoms with van der Waals surface area (Å²) in [5.74, 6) is -0.103. The number of sulfone groups is 1. The van der Waals surface area contributed by atoms with Crippen molar-refractivity contribution >= 4 is 27.1 Å². The van der Waals surface area contributed by atoms with Crippen molar-refractivity contribution in [2.45, 2.75) is 37.5 Å². The van der Waals surface area contributed by atoms with Crippen molar-refractivity contribution in [3.05, 3.63) is 40.7 Å². The van der Waals surface area contributed by atoms with Crippen LogP contribution >= 0.6 is 11.6 Å². The van der Waals surface area contributed by atoms with Crippen LogP contribution in [0, 0.1) is 0 Å². The van der Waals surface area contributed by atoms with Gasteiger partial charge in [0.25, 0.3) is 0 Å². The Bertz CT molecular complexity index is 754. The van der Waals surface area contributed by atoms with Gasteiger partial charge >= 0.3 is 0 Å². The minimum atomic E-state index is -3.48. The molecule has 0 amide bonds. The van der Waals surface area contributed by atoms with Crippen LogP contribution in [0.25, 0.3) is 0 Å². The van der Waals surface area contributed by atoms with Crippen LogP contribution in [0.5, 0.6) is 0 Å². The van der Waals surface area contributed by atoms with E-state index in [0.29, 0.717) is 17.9 Å². The summed E-state index contributed by atoms with van der Waals surface area (Å²) in [6.45, 7) is 4.55. The van der Waals surface area contributed by atoms with Crippen LogP contribution in [-0.2, 0) is 28.6 Å². The summed E-state index contributed by atoms with van der Waals surface area (Å²) in [5, 5.41) is 4.61. The van der Waals surface area contributed by atoms with Crippen LogP contribution in [0.1, 0.15) is 25.2 Å². The van der Waals surface area contributed by atoms with E-state index in [9.17, 15) is 8.42 Å². The third kappa shape index (κ3) is 3.39. The van der Waals surface area contributed by atoms with Gasteiger partial charge < -0.3 is 5.73 Å². The van der Waals surface area contributed by atoms with E-state index < -0.39 is 9.84 Å². The first kappa shape index (κ1) is 15.9. The first-order valence-corrected chi connectivity index (χ1v) is 8.73. The number of benzene rings is 1. The van der Waals surface area contributed by atoms with E-state index in [1.165, 1.54) is 18.2 Å². The molecule has 1 aromatic heterocycles. The third-order valence-corrected chi connectivity index (χ3v) is 5.22. The molecule has 0 aliphatic rings. The molecule has 2 aromatic rings. The fourth-order valence-electron chi connectivity index (χ4n) is 2.06. The highest BCUT2D eigenvalue weighted by Crippen LogP contribution is 2.25. The van der Waals surface area contributed by atoms with Crippen LogP contribution in [0.15, 0.2) is 29.2 Å². The molecule has 5 nitrogen and oxygen atoms in total. The van der Waals surface area contributed by atoms with Crippen molar-refractivity contribution in [2.24, 2.45) is 0 Å². The minimum absolute atomic E-state index is 0.103. The second-order valence-electron chi connectivity index (χ2n) is 4.74. The summed E-state index contributed by atoms with van der Waals surface area (Å²) in [7, 11) is -3.48. The van der Waals surface area contributed by atoms with Crippen LogP contribution in [0.3, 0.4) is 0 Å². The number of rotatable bonds is 5.